The number of rotatable bonds is 6. The summed E-state index contributed by atoms with van der Waals surface area (Å²) in [5.41, 5.74) is 1.06. The van der Waals surface area contributed by atoms with E-state index < -0.39 is 9.84 Å². The second kappa shape index (κ2) is 6.05. The molecule has 1 aromatic rings. The topological polar surface area (TPSA) is 37.4 Å². The average Bonchev–Trinajstić information content (AvgIpc) is 2.36. The zero-order valence-electron chi connectivity index (χ0n) is 10.8. The van der Waals surface area contributed by atoms with Crippen molar-refractivity contribution in [3.05, 3.63) is 24.3 Å². The predicted molar refractivity (Wildman–Crippen MR) is 72.3 cm³/mol. The highest BCUT2D eigenvalue weighted by Crippen LogP contribution is 2.18. The van der Waals surface area contributed by atoms with Crippen LogP contribution in [0.4, 0.5) is 5.69 Å². The van der Waals surface area contributed by atoms with Gasteiger partial charge in [0.2, 0.25) is 0 Å². The van der Waals surface area contributed by atoms with Crippen LogP contribution < -0.4 is 4.90 Å². The van der Waals surface area contributed by atoms with E-state index in [2.05, 4.69) is 11.8 Å². The number of benzene rings is 1. The lowest BCUT2D eigenvalue weighted by Crippen LogP contribution is -2.18. The molecule has 0 aliphatic heterocycles. The summed E-state index contributed by atoms with van der Waals surface area (Å²) in [5.74, 6) is 0.151. The molecule has 3 nitrogen and oxygen atoms in total. The Labute approximate surface area is 104 Å². The molecule has 0 unspecified atom stereocenters. The Morgan fingerprint density at radius 1 is 1.12 bits per heavy atom. The van der Waals surface area contributed by atoms with Crippen molar-refractivity contribution >= 4 is 15.5 Å². The molecule has 0 atom stereocenters. The van der Waals surface area contributed by atoms with Gasteiger partial charge in [-0.15, -0.1) is 0 Å². The molecular weight excluding hydrogens is 234 g/mol. The van der Waals surface area contributed by atoms with Crippen molar-refractivity contribution in [2.24, 2.45) is 0 Å². The smallest absolute Gasteiger partial charge is 0.178 e. The van der Waals surface area contributed by atoms with E-state index in [1.54, 1.807) is 19.1 Å². The lowest BCUT2D eigenvalue weighted by Gasteiger charge is -2.19. The molecule has 0 saturated heterocycles. The highest BCUT2D eigenvalue weighted by atomic mass is 32.2. The van der Waals surface area contributed by atoms with Crippen LogP contribution in [0.25, 0.3) is 0 Å². The molecule has 1 aromatic carbocycles. The molecule has 0 bridgehead atoms. The predicted octanol–water partition coefficient (Wildman–Crippen LogP) is 2.72. The van der Waals surface area contributed by atoms with Gasteiger partial charge in [0.1, 0.15) is 0 Å². The number of anilines is 1. The Kier molecular flexibility index (Phi) is 5.00. The van der Waals surface area contributed by atoms with Gasteiger partial charge >= 0.3 is 0 Å². The maximum atomic E-state index is 11.6. The van der Waals surface area contributed by atoms with Gasteiger partial charge in [-0.1, -0.05) is 20.3 Å². The zero-order valence-corrected chi connectivity index (χ0v) is 11.6. The molecule has 0 heterocycles. The van der Waals surface area contributed by atoms with Gasteiger partial charge in [-0.2, -0.15) is 0 Å². The summed E-state index contributed by atoms with van der Waals surface area (Å²) in [7, 11) is -1.05. The fourth-order valence-corrected chi connectivity index (χ4v) is 2.48. The van der Waals surface area contributed by atoms with Crippen LogP contribution in [-0.4, -0.2) is 27.8 Å². The van der Waals surface area contributed by atoms with Crippen LogP contribution in [0.1, 0.15) is 26.7 Å². The van der Waals surface area contributed by atoms with Crippen molar-refractivity contribution in [1.29, 1.82) is 0 Å². The van der Waals surface area contributed by atoms with Crippen LogP contribution in [-0.2, 0) is 9.84 Å². The van der Waals surface area contributed by atoms with Crippen molar-refractivity contribution in [2.45, 2.75) is 31.6 Å². The summed E-state index contributed by atoms with van der Waals surface area (Å²) in [6, 6.07) is 7.13. The third-order valence-electron chi connectivity index (χ3n) is 2.86. The summed E-state index contributed by atoms with van der Waals surface area (Å²) in [6.45, 7) is 4.82. The first-order chi connectivity index (χ1) is 8.01. The second-order valence-electron chi connectivity index (χ2n) is 4.17. The maximum Gasteiger partial charge on any atom is 0.178 e. The molecule has 0 aliphatic carbocycles. The molecule has 1 rings (SSSR count). The Morgan fingerprint density at radius 2 is 1.71 bits per heavy atom. The molecule has 0 saturated carbocycles. The molecule has 0 aliphatic rings. The van der Waals surface area contributed by atoms with Gasteiger partial charge < -0.3 is 4.90 Å². The Balaban J connectivity index is 2.81. The van der Waals surface area contributed by atoms with Crippen molar-refractivity contribution < 1.29 is 8.42 Å². The molecule has 0 radical (unpaired) electrons. The minimum Gasteiger partial charge on any atom is -0.375 e. The molecule has 0 N–H and O–H groups in total. The lowest BCUT2D eigenvalue weighted by atomic mass is 10.2. The summed E-state index contributed by atoms with van der Waals surface area (Å²) in [6.07, 6.45) is 2.30. The highest BCUT2D eigenvalue weighted by Gasteiger charge is 2.11. The van der Waals surface area contributed by atoms with E-state index in [1.807, 2.05) is 19.2 Å². The van der Waals surface area contributed by atoms with Crippen molar-refractivity contribution in [3.8, 4) is 0 Å². The average molecular weight is 255 g/mol. The van der Waals surface area contributed by atoms with E-state index in [0.29, 0.717) is 4.90 Å². The van der Waals surface area contributed by atoms with Crippen LogP contribution in [0.5, 0.6) is 0 Å². The minimum atomic E-state index is -3.08. The fourth-order valence-electron chi connectivity index (χ4n) is 1.60. The molecule has 96 valence electrons. The monoisotopic (exact) mass is 255 g/mol. The normalized spacial score (nSPS) is 11.5. The first kappa shape index (κ1) is 14.0. The van der Waals surface area contributed by atoms with Gasteiger partial charge in [-0.3, -0.25) is 0 Å². The minimum absolute atomic E-state index is 0.151. The van der Waals surface area contributed by atoms with Gasteiger partial charge in [0.15, 0.2) is 9.84 Å². The van der Waals surface area contributed by atoms with E-state index in [1.165, 1.54) is 0 Å². The van der Waals surface area contributed by atoms with E-state index in [4.69, 9.17) is 0 Å². The van der Waals surface area contributed by atoms with Gasteiger partial charge in [-0.25, -0.2) is 8.42 Å². The van der Waals surface area contributed by atoms with E-state index in [9.17, 15) is 8.42 Å². The van der Waals surface area contributed by atoms with Gasteiger partial charge in [0, 0.05) is 19.3 Å². The molecule has 0 spiro atoms. The molecule has 0 amide bonds. The Morgan fingerprint density at radius 3 is 2.18 bits per heavy atom. The van der Waals surface area contributed by atoms with E-state index >= 15 is 0 Å². The zero-order chi connectivity index (χ0) is 12.9. The van der Waals surface area contributed by atoms with Crippen LogP contribution >= 0.6 is 0 Å². The number of hydrogen-bond donors (Lipinski definition) is 0. The Bertz CT molecular complexity index is 437. The third kappa shape index (κ3) is 3.73. The first-order valence-electron chi connectivity index (χ1n) is 6.05. The van der Waals surface area contributed by atoms with Crippen LogP contribution in [0.15, 0.2) is 29.2 Å². The number of sulfone groups is 1. The van der Waals surface area contributed by atoms with E-state index in [0.717, 1.165) is 25.1 Å². The van der Waals surface area contributed by atoms with Crippen LogP contribution in [0.3, 0.4) is 0 Å². The van der Waals surface area contributed by atoms with Crippen molar-refractivity contribution in [3.63, 3.8) is 0 Å². The molecule has 0 fully saturated rings. The lowest BCUT2D eigenvalue weighted by molar-refractivity contribution is 0.597. The molecular formula is C13H21NO2S. The van der Waals surface area contributed by atoms with Gasteiger partial charge in [0.05, 0.1) is 10.6 Å². The third-order valence-corrected chi connectivity index (χ3v) is 4.61. The Hall–Kier alpha value is -1.03. The van der Waals surface area contributed by atoms with Gasteiger partial charge in [-0.05, 0) is 30.7 Å². The summed E-state index contributed by atoms with van der Waals surface area (Å²) < 4.78 is 23.3. The van der Waals surface area contributed by atoms with Crippen molar-refractivity contribution in [1.82, 2.24) is 0 Å². The molecule has 4 heteroatoms. The summed E-state index contributed by atoms with van der Waals surface area (Å²) >= 11 is 0. The number of unbranched alkanes of at least 4 members (excludes halogenated alkanes) is 1. The van der Waals surface area contributed by atoms with Crippen molar-refractivity contribution in [2.75, 3.05) is 24.2 Å². The van der Waals surface area contributed by atoms with Crippen LogP contribution in [0.2, 0.25) is 0 Å². The standard InChI is InChI=1S/C13H21NO2S/c1-4-6-11-14(3)12-7-9-13(10-8-12)17(15,16)5-2/h7-10H,4-6,11H2,1-3H3. The number of hydrogen-bond acceptors (Lipinski definition) is 3. The largest absolute Gasteiger partial charge is 0.375 e. The van der Waals surface area contributed by atoms with Crippen LogP contribution in [0, 0.1) is 0 Å². The highest BCUT2D eigenvalue weighted by molar-refractivity contribution is 7.91. The maximum absolute atomic E-state index is 11.6. The first-order valence-corrected chi connectivity index (χ1v) is 7.70. The fraction of sp³-hybridized carbons (Fsp3) is 0.538. The summed E-state index contributed by atoms with van der Waals surface area (Å²) in [4.78, 5) is 2.55. The second-order valence-corrected chi connectivity index (χ2v) is 6.45. The van der Waals surface area contributed by atoms with E-state index in [-0.39, 0.29) is 5.75 Å². The number of nitrogens with zero attached hydrogens (tertiary/aromatic N) is 1. The SMILES string of the molecule is CCCCN(C)c1ccc(S(=O)(=O)CC)cc1. The molecule has 0 aromatic heterocycles. The molecule has 17 heavy (non-hydrogen) atoms. The quantitative estimate of drug-likeness (QED) is 0.784. The van der Waals surface area contributed by atoms with Gasteiger partial charge in [0.25, 0.3) is 0 Å². The summed E-state index contributed by atoms with van der Waals surface area (Å²) in [5, 5.41) is 0.